The van der Waals surface area contributed by atoms with E-state index in [0.717, 1.165) is 18.7 Å². The van der Waals surface area contributed by atoms with E-state index in [9.17, 15) is 0 Å². The topological polar surface area (TPSA) is 3.24 Å². The van der Waals surface area contributed by atoms with Gasteiger partial charge in [-0.25, -0.2) is 0 Å². The highest BCUT2D eigenvalue weighted by Crippen LogP contribution is 2.25. The number of hydrogen-bond donors (Lipinski definition) is 0. The average molecular weight is 354 g/mol. The highest BCUT2D eigenvalue weighted by molar-refractivity contribution is 5.88. The van der Waals surface area contributed by atoms with Crippen LogP contribution in [0.3, 0.4) is 0 Å². The minimum atomic E-state index is 0.0962. The van der Waals surface area contributed by atoms with Crippen LogP contribution in [-0.4, -0.2) is 24.0 Å². The lowest BCUT2D eigenvalue weighted by atomic mass is 9.90. The van der Waals surface area contributed by atoms with E-state index >= 15 is 0 Å². The van der Waals surface area contributed by atoms with Crippen molar-refractivity contribution in [1.82, 2.24) is 4.90 Å². The molecule has 3 aromatic carbocycles. The second-order valence-electron chi connectivity index (χ2n) is 6.63. The van der Waals surface area contributed by atoms with E-state index in [4.69, 9.17) is 0 Å². The number of rotatable bonds is 6. The van der Waals surface area contributed by atoms with Crippen molar-refractivity contribution in [3.05, 3.63) is 96.6 Å². The summed E-state index contributed by atoms with van der Waals surface area (Å²) >= 11 is 0. The fourth-order valence-corrected chi connectivity index (χ4v) is 3.63. The number of likely N-dealkylation sites (N-methyl/N-ethyl adjacent to an activating group) is 1. The summed E-state index contributed by atoms with van der Waals surface area (Å²) in [4.78, 5) is 2.41. The molecule has 0 N–H and O–H groups in total. The monoisotopic (exact) mass is 353 g/mol. The Morgan fingerprint density at radius 3 is 2.26 bits per heavy atom. The number of fused-ring (bicyclic) bond motifs is 1. The molecule has 3 rings (SSSR count). The molecule has 0 saturated carbocycles. The van der Waals surface area contributed by atoms with Gasteiger partial charge in [0.25, 0.3) is 0 Å². The van der Waals surface area contributed by atoms with E-state index in [1.807, 2.05) is 6.08 Å². The molecule has 0 saturated heterocycles. The normalized spacial score (nSPS) is 13.0. The van der Waals surface area contributed by atoms with Crippen molar-refractivity contribution < 1.29 is 0 Å². The second-order valence-corrected chi connectivity index (χ2v) is 6.63. The van der Waals surface area contributed by atoms with Gasteiger partial charge in [-0.2, -0.15) is 0 Å². The summed E-state index contributed by atoms with van der Waals surface area (Å²) in [5, 5.41) is 2.44. The molecule has 2 atom stereocenters. The van der Waals surface area contributed by atoms with E-state index in [2.05, 4.69) is 110 Å². The predicted molar refractivity (Wildman–Crippen MR) is 117 cm³/mol. The first-order valence-corrected chi connectivity index (χ1v) is 9.69. The number of nitrogens with zero attached hydrogens (tertiary/aromatic N) is 1. The predicted octanol–water partition coefficient (Wildman–Crippen LogP) is 5.87. The Kier molecular flexibility index (Phi) is 6.47. The maximum Gasteiger partial charge on any atom is 0.0822 e. The van der Waals surface area contributed by atoms with Gasteiger partial charge in [0.1, 0.15) is 0 Å². The summed E-state index contributed by atoms with van der Waals surface area (Å²) < 4.78 is 0. The van der Waals surface area contributed by atoms with Crippen LogP contribution in [-0.2, 0) is 0 Å². The van der Waals surface area contributed by atoms with Gasteiger partial charge in [-0.1, -0.05) is 98.5 Å². The van der Waals surface area contributed by atoms with Gasteiger partial charge in [0, 0.05) is 11.5 Å². The Bertz CT molecular complexity index is 937. The molecular weight excluding hydrogens is 326 g/mol. The Hall–Kier alpha value is -2.82. The lowest BCUT2D eigenvalue weighted by molar-refractivity contribution is 0.246. The van der Waals surface area contributed by atoms with Crippen LogP contribution in [0.2, 0.25) is 0 Å². The van der Waals surface area contributed by atoms with E-state index in [0.29, 0.717) is 0 Å². The van der Waals surface area contributed by atoms with Crippen molar-refractivity contribution >= 4 is 10.8 Å². The average Bonchev–Trinajstić information content (AvgIpc) is 2.73. The summed E-state index contributed by atoms with van der Waals surface area (Å²) in [6.45, 7) is 10.4. The molecule has 0 radical (unpaired) electrons. The van der Waals surface area contributed by atoms with Crippen LogP contribution in [0, 0.1) is 11.8 Å². The summed E-state index contributed by atoms with van der Waals surface area (Å²) in [5.74, 6) is 7.24. The van der Waals surface area contributed by atoms with Crippen LogP contribution >= 0.6 is 0 Å². The third-order valence-electron chi connectivity index (χ3n) is 5.13. The van der Waals surface area contributed by atoms with E-state index < -0.39 is 0 Å². The van der Waals surface area contributed by atoms with Crippen molar-refractivity contribution in [2.24, 2.45) is 0 Å². The Morgan fingerprint density at radius 2 is 1.56 bits per heavy atom. The fourth-order valence-electron chi connectivity index (χ4n) is 3.63. The van der Waals surface area contributed by atoms with E-state index in [1.54, 1.807) is 0 Å². The zero-order valence-electron chi connectivity index (χ0n) is 16.2. The van der Waals surface area contributed by atoms with Gasteiger partial charge in [-0.3, -0.25) is 4.90 Å². The van der Waals surface area contributed by atoms with Crippen molar-refractivity contribution in [3.63, 3.8) is 0 Å². The molecule has 0 spiro atoms. The van der Waals surface area contributed by atoms with Crippen LogP contribution in [0.5, 0.6) is 0 Å². The Morgan fingerprint density at radius 1 is 0.889 bits per heavy atom. The molecule has 0 aliphatic rings. The standard InChI is InChI=1S/C26H27N/c1-4-24(21-13-8-7-9-14-21)26(27(5-2)6-3)20-19-23-17-12-16-22-15-10-11-18-25(22)23/h4,7-18,24,26H,1,5-6H2,2-3H3. The van der Waals surface area contributed by atoms with Crippen LogP contribution < -0.4 is 0 Å². The number of benzene rings is 3. The van der Waals surface area contributed by atoms with Gasteiger partial charge in [0.15, 0.2) is 0 Å². The van der Waals surface area contributed by atoms with Gasteiger partial charge in [-0.05, 0) is 35.5 Å². The third-order valence-corrected chi connectivity index (χ3v) is 5.13. The lowest BCUT2D eigenvalue weighted by Gasteiger charge is -2.31. The molecule has 1 nitrogen and oxygen atoms in total. The first kappa shape index (κ1) is 19.0. The van der Waals surface area contributed by atoms with Crippen molar-refractivity contribution in [2.75, 3.05) is 13.1 Å². The first-order chi connectivity index (χ1) is 13.3. The minimum absolute atomic E-state index is 0.0962. The third kappa shape index (κ3) is 4.30. The Labute approximate surface area is 163 Å². The molecule has 1 heteroatoms. The molecule has 0 fully saturated rings. The maximum atomic E-state index is 4.12. The summed E-state index contributed by atoms with van der Waals surface area (Å²) in [5.41, 5.74) is 2.35. The van der Waals surface area contributed by atoms with Crippen LogP contribution in [0.15, 0.2) is 85.5 Å². The lowest BCUT2D eigenvalue weighted by Crippen LogP contribution is -2.38. The first-order valence-electron chi connectivity index (χ1n) is 9.69. The fraction of sp³-hybridized carbons (Fsp3) is 0.231. The smallest absolute Gasteiger partial charge is 0.0822 e. The molecule has 0 bridgehead atoms. The quantitative estimate of drug-likeness (QED) is 0.395. The zero-order chi connectivity index (χ0) is 19.1. The van der Waals surface area contributed by atoms with E-state index in [-0.39, 0.29) is 12.0 Å². The van der Waals surface area contributed by atoms with Crippen LogP contribution in [0.25, 0.3) is 10.8 Å². The van der Waals surface area contributed by atoms with Gasteiger partial charge < -0.3 is 0 Å². The molecule has 0 amide bonds. The van der Waals surface area contributed by atoms with Crippen molar-refractivity contribution in [1.29, 1.82) is 0 Å². The maximum absolute atomic E-state index is 4.12. The summed E-state index contributed by atoms with van der Waals surface area (Å²) in [6, 6.07) is 25.4. The molecule has 136 valence electrons. The highest BCUT2D eigenvalue weighted by atomic mass is 15.1. The molecular formula is C26H27N. The highest BCUT2D eigenvalue weighted by Gasteiger charge is 2.23. The second kappa shape index (κ2) is 9.21. The minimum Gasteiger partial charge on any atom is -0.290 e. The van der Waals surface area contributed by atoms with Gasteiger partial charge in [0.2, 0.25) is 0 Å². The van der Waals surface area contributed by atoms with Crippen LogP contribution in [0.4, 0.5) is 0 Å². The molecule has 0 heterocycles. The Balaban J connectivity index is 2.05. The molecule has 0 aliphatic carbocycles. The van der Waals surface area contributed by atoms with Gasteiger partial charge in [0.05, 0.1) is 6.04 Å². The molecule has 0 aliphatic heterocycles. The van der Waals surface area contributed by atoms with Gasteiger partial charge in [-0.15, -0.1) is 6.58 Å². The largest absolute Gasteiger partial charge is 0.290 e. The number of hydrogen-bond acceptors (Lipinski definition) is 1. The van der Waals surface area contributed by atoms with Crippen molar-refractivity contribution in [2.45, 2.75) is 25.8 Å². The zero-order valence-corrected chi connectivity index (χ0v) is 16.2. The molecule has 27 heavy (non-hydrogen) atoms. The molecule has 2 unspecified atom stereocenters. The molecule has 0 aromatic heterocycles. The van der Waals surface area contributed by atoms with Gasteiger partial charge >= 0.3 is 0 Å². The van der Waals surface area contributed by atoms with Crippen LogP contribution in [0.1, 0.15) is 30.9 Å². The summed E-state index contributed by atoms with van der Waals surface area (Å²) in [7, 11) is 0. The molecule has 3 aromatic rings. The SMILES string of the molecule is C=CC(c1ccccc1)C(C#Cc1cccc2ccccc12)N(CC)CC. The summed E-state index contributed by atoms with van der Waals surface area (Å²) in [6.07, 6.45) is 2.04. The van der Waals surface area contributed by atoms with E-state index in [1.165, 1.54) is 16.3 Å². The van der Waals surface area contributed by atoms with Crippen molar-refractivity contribution in [3.8, 4) is 11.8 Å².